The highest BCUT2D eigenvalue weighted by molar-refractivity contribution is 6.09. The van der Waals surface area contributed by atoms with E-state index in [2.05, 4.69) is 204 Å². The van der Waals surface area contributed by atoms with Crippen LogP contribution in [-0.4, -0.2) is 4.57 Å². The van der Waals surface area contributed by atoms with Gasteiger partial charge in [0.25, 0.3) is 0 Å². The second-order valence-electron chi connectivity index (χ2n) is 12.2. The van der Waals surface area contributed by atoms with Gasteiger partial charge in [-0.25, -0.2) is 0 Å². The molecule has 9 rings (SSSR count). The second-order valence-corrected chi connectivity index (χ2v) is 12.2. The molecule has 0 amide bonds. The van der Waals surface area contributed by atoms with Gasteiger partial charge in [0.1, 0.15) is 0 Å². The number of nitrogens with zero attached hydrogens (tertiary/aromatic N) is 2. The molecule has 8 aromatic carbocycles. The van der Waals surface area contributed by atoms with E-state index in [0.29, 0.717) is 0 Å². The molecule has 0 aliphatic heterocycles. The Morgan fingerprint density at radius 2 is 0.917 bits per heavy atom. The molecule has 1 aromatic heterocycles. The van der Waals surface area contributed by atoms with Crippen molar-refractivity contribution in [3.8, 4) is 27.9 Å². The Hall–Kier alpha value is -6.38. The number of benzene rings is 8. The lowest BCUT2D eigenvalue weighted by Gasteiger charge is -2.28. The SMILES string of the molecule is c1ccc(-c2cc(-c3cccc4ccccc34)ccc2N(c2ccccc2)c2ccc(-n3c4ccccc4c4ccccc43)cc2)cc1. The van der Waals surface area contributed by atoms with Gasteiger partial charge >= 0.3 is 0 Å². The van der Waals surface area contributed by atoms with Crippen molar-refractivity contribution in [1.82, 2.24) is 4.57 Å². The number of fused-ring (bicyclic) bond motifs is 4. The van der Waals surface area contributed by atoms with Gasteiger partial charge in [0.05, 0.1) is 16.7 Å². The summed E-state index contributed by atoms with van der Waals surface area (Å²) in [6.45, 7) is 0. The van der Waals surface area contributed by atoms with Gasteiger partial charge in [0.15, 0.2) is 0 Å². The zero-order valence-electron chi connectivity index (χ0n) is 26.4. The fourth-order valence-electron chi connectivity index (χ4n) is 7.18. The Bertz CT molecular complexity index is 2490. The molecule has 0 fully saturated rings. The maximum atomic E-state index is 2.38. The van der Waals surface area contributed by atoms with Crippen LogP contribution in [0.1, 0.15) is 0 Å². The Morgan fingerprint density at radius 3 is 1.62 bits per heavy atom. The molecule has 0 aliphatic carbocycles. The van der Waals surface area contributed by atoms with Crippen molar-refractivity contribution >= 4 is 49.6 Å². The van der Waals surface area contributed by atoms with Crippen LogP contribution in [0, 0.1) is 0 Å². The summed E-state index contributed by atoms with van der Waals surface area (Å²) in [5.74, 6) is 0. The fraction of sp³-hybridized carbons (Fsp3) is 0. The molecule has 0 aliphatic rings. The summed E-state index contributed by atoms with van der Waals surface area (Å²) in [5.41, 5.74) is 11.7. The number of hydrogen-bond acceptors (Lipinski definition) is 1. The third-order valence-electron chi connectivity index (χ3n) is 9.38. The first-order valence-corrected chi connectivity index (χ1v) is 16.4. The topological polar surface area (TPSA) is 8.17 Å². The number of hydrogen-bond donors (Lipinski definition) is 0. The van der Waals surface area contributed by atoms with Crippen LogP contribution in [-0.2, 0) is 0 Å². The molecule has 0 radical (unpaired) electrons. The predicted molar refractivity (Wildman–Crippen MR) is 204 cm³/mol. The zero-order valence-corrected chi connectivity index (χ0v) is 26.4. The molecule has 2 nitrogen and oxygen atoms in total. The Labute approximate surface area is 280 Å². The lowest BCUT2D eigenvalue weighted by molar-refractivity contribution is 1.17. The average molecular weight is 613 g/mol. The molecule has 0 atom stereocenters. The summed E-state index contributed by atoms with van der Waals surface area (Å²) >= 11 is 0. The van der Waals surface area contributed by atoms with Gasteiger partial charge in [-0.1, -0.05) is 133 Å². The fourth-order valence-corrected chi connectivity index (χ4v) is 7.18. The number of para-hydroxylation sites is 3. The van der Waals surface area contributed by atoms with E-state index >= 15 is 0 Å². The summed E-state index contributed by atoms with van der Waals surface area (Å²) in [5, 5.41) is 5.03. The number of rotatable bonds is 6. The monoisotopic (exact) mass is 612 g/mol. The Morgan fingerprint density at radius 1 is 0.354 bits per heavy atom. The van der Waals surface area contributed by atoms with Crippen LogP contribution in [0.15, 0.2) is 194 Å². The van der Waals surface area contributed by atoms with E-state index in [4.69, 9.17) is 0 Å². The summed E-state index contributed by atoms with van der Waals surface area (Å²) in [4.78, 5) is 2.38. The van der Waals surface area contributed by atoms with Crippen LogP contribution >= 0.6 is 0 Å². The largest absolute Gasteiger partial charge is 0.310 e. The standard InChI is InChI=1S/C46H32N2/c1-3-14-34(15-4-1)43-32-35(40-23-13-17-33-16-7-8-20-39(33)40)26-31-46(43)47(36-18-5-2-6-19-36)37-27-29-38(30-28-37)48-44-24-11-9-21-41(44)42-22-10-12-25-45(42)48/h1-32H. The molecular formula is C46H32N2. The molecule has 0 unspecified atom stereocenters. The summed E-state index contributed by atoms with van der Waals surface area (Å²) in [7, 11) is 0. The van der Waals surface area contributed by atoms with Gasteiger partial charge in [0, 0.05) is 33.4 Å². The van der Waals surface area contributed by atoms with Crippen LogP contribution in [0.5, 0.6) is 0 Å². The molecular weight excluding hydrogens is 581 g/mol. The van der Waals surface area contributed by atoms with Crippen molar-refractivity contribution in [3.63, 3.8) is 0 Å². The van der Waals surface area contributed by atoms with Gasteiger partial charge in [0.2, 0.25) is 0 Å². The van der Waals surface area contributed by atoms with E-state index < -0.39 is 0 Å². The first-order chi connectivity index (χ1) is 23.8. The molecule has 9 aromatic rings. The van der Waals surface area contributed by atoms with Crippen LogP contribution in [0.4, 0.5) is 17.1 Å². The minimum absolute atomic E-state index is 1.10. The highest BCUT2D eigenvalue weighted by Crippen LogP contribution is 2.43. The van der Waals surface area contributed by atoms with Crippen LogP contribution < -0.4 is 4.90 Å². The van der Waals surface area contributed by atoms with Crippen molar-refractivity contribution < 1.29 is 0 Å². The van der Waals surface area contributed by atoms with Gasteiger partial charge in [-0.3, -0.25) is 0 Å². The van der Waals surface area contributed by atoms with E-state index in [9.17, 15) is 0 Å². The minimum atomic E-state index is 1.10. The molecule has 226 valence electrons. The minimum Gasteiger partial charge on any atom is -0.310 e. The lowest BCUT2D eigenvalue weighted by Crippen LogP contribution is -2.11. The molecule has 48 heavy (non-hydrogen) atoms. The van der Waals surface area contributed by atoms with E-state index in [-0.39, 0.29) is 0 Å². The van der Waals surface area contributed by atoms with Crippen molar-refractivity contribution in [3.05, 3.63) is 194 Å². The lowest BCUT2D eigenvalue weighted by atomic mass is 9.93. The van der Waals surface area contributed by atoms with E-state index in [1.54, 1.807) is 0 Å². The smallest absolute Gasteiger partial charge is 0.0541 e. The first kappa shape index (κ1) is 27.9. The molecule has 0 saturated carbocycles. The van der Waals surface area contributed by atoms with Crippen LogP contribution in [0.2, 0.25) is 0 Å². The van der Waals surface area contributed by atoms with Crippen molar-refractivity contribution in [2.24, 2.45) is 0 Å². The summed E-state index contributed by atoms with van der Waals surface area (Å²) in [6.07, 6.45) is 0. The van der Waals surface area contributed by atoms with E-state index in [0.717, 1.165) is 22.7 Å². The van der Waals surface area contributed by atoms with Crippen LogP contribution in [0.3, 0.4) is 0 Å². The van der Waals surface area contributed by atoms with Crippen LogP contribution in [0.25, 0.3) is 60.5 Å². The number of anilines is 3. The summed E-state index contributed by atoms with van der Waals surface area (Å²) < 4.78 is 2.37. The maximum Gasteiger partial charge on any atom is 0.0541 e. The molecule has 2 heteroatoms. The molecule has 0 spiro atoms. The van der Waals surface area contributed by atoms with Crippen molar-refractivity contribution in [1.29, 1.82) is 0 Å². The van der Waals surface area contributed by atoms with Crippen molar-refractivity contribution in [2.45, 2.75) is 0 Å². The highest BCUT2D eigenvalue weighted by Gasteiger charge is 2.19. The van der Waals surface area contributed by atoms with Gasteiger partial charge in [-0.2, -0.15) is 0 Å². The molecule has 0 saturated heterocycles. The van der Waals surface area contributed by atoms with Crippen molar-refractivity contribution in [2.75, 3.05) is 4.90 Å². The number of aromatic nitrogens is 1. The zero-order chi connectivity index (χ0) is 31.9. The third-order valence-corrected chi connectivity index (χ3v) is 9.38. The van der Waals surface area contributed by atoms with E-state index in [1.165, 1.54) is 54.8 Å². The van der Waals surface area contributed by atoms with E-state index in [1.807, 2.05) is 0 Å². The van der Waals surface area contributed by atoms with Gasteiger partial charge < -0.3 is 9.47 Å². The first-order valence-electron chi connectivity index (χ1n) is 16.4. The average Bonchev–Trinajstić information content (AvgIpc) is 3.50. The highest BCUT2D eigenvalue weighted by atomic mass is 15.1. The third kappa shape index (κ3) is 4.74. The molecule has 1 heterocycles. The van der Waals surface area contributed by atoms with Gasteiger partial charge in [-0.15, -0.1) is 0 Å². The predicted octanol–water partition coefficient (Wildman–Crippen LogP) is 12.7. The summed E-state index contributed by atoms with van der Waals surface area (Å²) in [6, 6.07) is 69.9. The molecule has 0 bridgehead atoms. The maximum absolute atomic E-state index is 2.38. The van der Waals surface area contributed by atoms with Gasteiger partial charge in [-0.05, 0) is 88.1 Å². The quantitative estimate of drug-likeness (QED) is 0.181. The Kier molecular flexibility index (Phi) is 6.84. The Balaban J connectivity index is 1.22. The molecule has 0 N–H and O–H groups in total. The second kappa shape index (κ2) is 11.8. The normalized spacial score (nSPS) is 11.3.